The molecule has 2 rings (SSSR count). The minimum Gasteiger partial charge on any atom is -0.747 e. The third-order valence-corrected chi connectivity index (χ3v) is 6.93. The zero-order chi connectivity index (χ0) is 28.3. The maximum atomic E-state index is 12.8. The molecule has 0 aliphatic rings. The van der Waals surface area contributed by atoms with Crippen LogP contribution in [0.15, 0.2) is 45.5 Å². The van der Waals surface area contributed by atoms with Crippen molar-refractivity contribution in [2.45, 2.75) is 11.8 Å². The van der Waals surface area contributed by atoms with Gasteiger partial charge in [0.15, 0.2) is 22.2 Å². The number of nitrogens with zero attached hydrogens (tertiary/aromatic N) is 2. The Labute approximate surface area is 279 Å². The first-order chi connectivity index (χ1) is 17.9. The minimum atomic E-state index is -4.54. The van der Waals surface area contributed by atoms with Crippen molar-refractivity contribution >= 4 is 60.9 Å². The van der Waals surface area contributed by atoms with Gasteiger partial charge in [0.1, 0.15) is 43.8 Å². The maximum absolute atomic E-state index is 12.8. The van der Waals surface area contributed by atoms with Gasteiger partial charge in [-0.3, -0.25) is 14.0 Å². The van der Waals surface area contributed by atoms with E-state index in [2.05, 4.69) is 30.2 Å². The van der Waals surface area contributed by atoms with Crippen molar-refractivity contribution in [1.29, 1.82) is 0 Å². The number of azo groups is 1. The van der Waals surface area contributed by atoms with E-state index in [0.29, 0.717) is 0 Å². The average molecular weight is 641 g/mol. The van der Waals surface area contributed by atoms with Gasteiger partial charge in [-0.1, -0.05) is 0 Å². The Morgan fingerprint density at radius 3 is 2.23 bits per heavy atom. The third-order valence-electron chi connectivity index (χ3n) is 4.37. The van der Waals surface area contributed by atoms with Crippen molar-refractivity contribution in [2.24, 2.45) is 10.2 Å². The summed E-state index contributed by atoms with van der Waals surface area (Å²) in [7, 11) is -5.97. The summed E-state index contributed by atoms with van der Waals surface area (Å²) < 4.78 is 77.3. The molecule has 0 saturated carbocycles. The van der Waals surface area contributed by atoms with Crippen LogP contribution in [0.1, 0.15) is 6.92 Å². The molecule has 0 bridgehead atoms. The van der Waals surface area contributed by atoms with Gasteiger partial charge in [0.25, 0.3) is 0 Å². The summed E-state index contributed by atoms with van der Waals surface area (Å²) in [4.78, 5) is 11.4. The van der Waals surface area contributed by atoms with Gasteiger partial charge in [0, 0.05) is 24.7 Å². The number of amides is 1. The second kappa shape index (κ2) is 18.5. The Morgan fingerprint density at radius 2 is 1.65 bits per heavy atom. The smallest absolute Gasteiger partial charge is 0.747 e. The molecule has 16 nitrogen and oxygen atoms in total. The van der Waals surface area contributed by atoms with Crippen molar-refractivity contribution in [3.05, 3.63) is 30.3 Å². The number of hydrogen-bond donors (Lipinski definition) is 2. The van der Waals surface area contributed by atoms with E-state index in [-0.39, 0.29) is 117 Å². The van der Waals surface area contributed by atoms with Crippen LogP contribution >= 0.6 is 12.3 Å². The van der Waals surface area contributed by atoms with Gasteiger partial charge in [0.05, 0.1) is 32.3 Å². The summed E-state index contributed by atoms with van der Waals surface area (Å²) >= 11 is 0.170. The molecule has 210 valence electrons. The molecule has 0 saturated heterocycles. The maximum Gasteiger partial charge on any atom is 1.00 e. The molecule has 2 aromatic rings. The first kappa shape index (κ1) is 39.0. The molecule has 0 fully saturated rings. The number of carbonyl (C=O) groups excluding carboxylic acids is 1. The summed E-state index contributed by atoms with van der Waals surface area (Å²) in [5.74, 6) is -1.89. The molecular weight excluding hydrogens is 618 g/mol. The molecule has 2 aromatic carbocycles. The Hall–Kier alpha value is -1.04. The minimum absolute atomic E-state index is 0. The topological polar surface area (TPSA) is 226 Å². The van der Waals surface area contributed by atoms with E-state index in [4.69, 9.17) is 13.7 Å². The van der Waals surface area contributed by atoms with Crippen molar-refractivity contribution in [2.75, 3.05) is 43.1 Å². The fourth-order valence-electron chi connectivity index (χ4n) is 2.80. The average Bonchev–Trinajstić information content (AvgIpc) is 2.85. The zero-order valence-electron chi connectivity index (χ0n) is 22.0. The molecule has 0 aliphatic heterocycles. The number of anilines is 2. The number of carbonyl (C=O) groups is 1. The normalized spacial score (nSPS) is 11.3. The van der Waals surface area contributed by atoms with E-state index in [9.17, 15) is 31.4 Å². The summed E-state index contributed by atoms with van der Waals surface area (Å²) in [5.41, 5.74) is 0.580. The van der Waals surface area contributed by atoms with Gasteiger partial charge in [-0.05, 0) is 18.2 Å². The predicted molar refractivity (Wildman–Crippen MR) is 130 cm³/mol. The third kappa shape index (κ3) is 12.9. The molecule has 0 spiro atoms. The standard InChI is InChI=1S/C19H24N4O12S3.2Na/c1-12(24)21-15-8-13(20-11-38(28,29)30)4-5-14(15)22-23-16-9-18(32-3)19(10-17(16)31-2)37(26,27)7-6-33-36-35-34-25;;/h4-5,8-10,20,25H,6-7,11H2,1-3H3,(H,21,24)(H,28,29,30);;/q;2*+1/p-2. The first-order valence-electron chi connectivity index (χ1n) is 10.1. The van der Waals surface area contributed by atoms with Crippen LogP contribution in [0.5, 0.6) is 11.5 Å². The molecule has 1 amide bonds. The summed E-state index contributed by atoms with van der Waals surface area (Å²) in [5, 5.41) is 25.9. The number of rotatable bonds is 15. The molecule has 0 aromatic heterocycles. The summed E-state index contributed by atoms with van der Waals surface area (Å²) in [6.07, 6.45) is 0. The van der Waals surface area contributed by atoms with Crippen molar-refractivity contribution in [3.8, 4) is 11.5 Å². The van der Waals surface area contributed by atoms with Crippen LogP contribution in [0, 0.1) is 0 Å². The Morgan fingerprint density at radius 1 is 1.00 bits per heavy atom. The van der Waals surface area contributed by atoms with Crippen molar-refractivity contribution in [3.63, 3.8) is 0 Å². The molecular formula is C19H22N4Na2O12S3. The van der Waals surface area contributed by atoms with Gasteiger partial charge < -0.3 is 29.9 Å². The second-order valence-electron chi connectivity index (χ2n) is 7.01. The molecule has 0 radical (unpaired) electrons. The van der Waals surface area contributed by atoms with Crippen LogP contribution in [0.2, 0.25) is 0 Å². The van der Waals surface area contributed by atoms with Crippen LogP contribution < -0.4 is 84.5 Å². The largest absolute Gasteiger partial charge is 1.00 e. The predicted octanol–water partition coefficient (Wildman–Crippen LogP) is -4.42. The van der Waals surface area contributed by atoms with Crippen LogP contribution in [-0.4, -0.2) is 59.8 Å². The van der Waals surface area contributed by atoms with Crippen molar-refractivity contribution < 1.29 is 114 Å². The number of hydrogen-bond acceptors (Lipinski definition) is 16. The zero-order valence-corrected chi connectivity index (χ0v) is 28.5. The monoisotopic (exact) mass is 640 g/mol. The van der Waals surface area contributed by atoms with Gasteiger partial charge in [-0.2, -0.15) is 0 Å². The Kier molecular flexibility index (Phi) is 18.0. The molecule has 0 atom stereocenters. The van der Waals surface area contributed by atoms with Crippen LogP contribution in [0.4, 0.5) is 22.7 Å². The number of methoxy groups -OCH3 is 2. The van der Waals surface area contributed by atoms with E-state index in [1.54, 1.807) is 0 Å². The number of ether oxygens (including phenoxy) is 2. The van der Waals surface area contributed by atoms with E-state index in [1.165, 1.54) is 51.5 Å². The Bertz CT molecular complexity index is 1380. The van der Waals surface area contributed by atoms with E-state index in [1.807, 2.05) is 0 Å². The summed E-state index contributed by atoms with van der Waals surface area (Å²) in [6.45, 7) is 0.894. The van der Waals surface area contributed by atoms with Crippen LogP contribution in [0.25, 0.3) is 0 Å². The molecule has 40 heavy (non-hydrogen) atoms. The SMILES string of the molecule is COc1cc(S(=O)(=O)CCOSOO[O-])c(OC)cc1N=Nc1ccc(NCS(=O)(=O)[O-])cc1NC(C)=O.[Na+].[Na+]. The van der Waals surface area contributed by atoms with Gasteiger partial charge >= 0.3 is 59.1 Å². The molecule has 21 heteroatoms. The van der Waals surface area contributed by atoms with E-state index in [0.717, 1.165) is 0 Å². The number of benzene rings is 2. The number of sulfone groups is 1. The molecule has 2 N–H and O–H groups in total. The molecule has 0 aliphatic carbocycles. The first-order valence-corrected chi connectivity index (χ1v) is 14.0. The van der Waals surface area contributed by atoms with E-state index < -0.39 is 37.5 Å². The Balaban J connectivity index is 0.00000760. The van der Waals surface area contributed by atoms with Gasteiger partial charge in [0.2, 0.25) is 5.91 Å². The fourth-order valence-corrected chi connectivity index (χ4v) is 4.72. The van der Waals surface area contributed by atoms with Gasteiger partial charge in [-0.25, -0.2) is 16.8 Å². The molecule has 0 heterocycles. The van der Waals surface area contributed by atoms with E-state index >= 15 is 0 Å². The van der Waals surface area contributed by atoms with Crippen LogP contribution in [-0.2, 0) is 38.3 Å². The number of nitrogens with one attached hydrogen (secondary N) is 2. The second-order valence-corrected chi connectivity index (χ2v) is 11.0. The van der Waals surface area contributed by atoms with Gasteiger partial charge in [-0.15, -0.1) is 14.6 Å². The summed E-state index contributed by atoms with van der Waals surface area (Å²) in [6, 6.07) is 6.61. The quantitative estimate of drug-likeness (QED) is 0.0356. The van der Waals surface area contributed by atoms with Crippen LogP contribution in [0.3, 0.4) is 0 Å². The molecule has 0 unspecified atom stereocenters. The fraction of sp³-hybridized carbons (Fsp3) is 0.316. The van der Waals surface area contributed by atoms with Crippen molar-refractivity contribution in [1.82, 2.24) is 0 Å².